The predicted molar refractivity (Wildman–Crippen MR) is 98.3 cm³/mol. The van der Waals surface area contributed by atoms with Gasteiger partial charge >= 0.3 is 0 Å². The van der Waals surface area contributed by atoms with Crippen LogP contribution >= 0.6 is 12.2 Å². The van der Waals surface area contributed by atoms with Gasteiger partial charge in [0.15, 0.2) is 5.11 Å². The number of aryl methyl sites for hydroxylation is 1. The molecule has 124 valence electrons. The average molecular weight is 332 g/mol. The Morgan fingerprint density at radius 3 is 2.74 bits per heavy atom. The van der Waals surface area contributed by atoms with Crippen LogP contribution in [-0.2, 0) is 6.54 Å². The predicted octanol–water partition coefficient (Wildman–Crippen LogP) is 3.25. The van der Waals surface area contributed by atoms with Crippen LogP contribution < -0.4 is 15.4 Å². The summed E-state index contributed by atoms with van der Waals surface area (Å²) in [5, 5.41) is 11.7. The third kappa shape index (κ3) is 4.45. The van der Waals surface area contributed by atoms with Gasteiger partial charge in [-0.2, -0.15) is 5.10 Å². The highest BCUT2D eigenvalue weighted by atomic mass is 32.1. The van der Waals surface area contributed by atoms with Crippen LogP contribution in [-0.4, -0.2) is 28.0 Å². The first-order chi connectivity index (χ1) is 10.9. The number of anilines is 1. The smallest absolute Gasteiger partial charge is 0.171 e. The van der Waals surface area contributed by atoms with Gasteiger partial charge in [0.05, 0.1) is 30.7 Å². The zero-order chi connectivity index (χ0) is 17.0. The monoisotopic (exact) mass is 332 g/mol. The first kappa shape index (κ1) is 17.3. The molecule has 0 aliphatic carbocycles. The summed E-state index contributed by atoms with van der Waals surface area (Å²) in [5.74, 6) is 0.852. The van der Waals surface area contributed by atoms with Crippen LogP contribution in [0, 0.1) is 13.8 Å². The second kappa shape index (κ2) is 7.46. The summed E-state index contributed by atoms with van der Waals surface area (Å²) in [6.07, 6.45) is 0. The lowest BCUT2D eigenvalue weighted by Gasteiger charge is -2.13. The molecule has 2 N–H and O–H groups in total. The molecule has 2 aromatic rings. The van der Waals surface area contributed by atoms with Crippen molar-refractivity contribution >= 4 is 23.0 Å². The Labute approximate surface area is 143 Å². The molecule has 0 aliphatic rings. The van der Waals surface area contributed by atoms with Gasteiger partial charge in [0.25, 0.3) is 0 Å². The summed E-state index contributed by atoms with van der Waals surface area (Å²) in [4.78, 5) is 0. The molecule has 5 nitrogen and oxygen atoms in total. The van der Waals surface area contributed by atoms with Crippen molar-refractivity contribution in [2.24, 2.45) is 0 Å². The zero-order valence-corrected chi connectivity index (χ0v) is 15.1. The molecule has 0 spiro atoms. The Morgan fingerprint density at radius 1 is 1.35 bits per heavy atom. The Hall–Kier alpha value is -2.08. The van der Waals surface area contributed by atoms with Crippen LogP contribution in [0.5, 0.6) is 5.75 Å². The Balaban J connectivity index is 2.18. The Bertz CT molecular complexity index is 694. The average Bonchev–Trinajstić information content (AvgIpc) is 2.74. The molecule has 0 aliphatic heterocycles. The maximum Gasteiger partial charge on any atom is 0.171 e. The van der Waals surface area contributed by atoms with E-state index in [1.807, 2.05) is 36.7 Å². The number of aromatic nitrogens is 2. The zero-order valence-electron chi connectivity index (χ0n) is 14.3. The van der Waals surface area contributed by atoms with Crippen LogP contribution in [0.25, 0.3) is 0 Å². The number of thiocarbonyl (C=S) groups is 1. The summed E-state index contributed by atoms with van der Waals surface area (Å²) in [6, 6.07) is 8.31. The molecule has 1 heterocycles. The number of hydrogen-bond acceptors (Lipinski definition) is 3. The van der Waals surface area contributed by atoms with E-state index < -0.39 is 0 Å². The number of nitrogens with one attached hydrogen (secondary N) is 2. The molecule has 0 atom stereocenters. The highest BCUT2D eigenvalue weighted by Crippen LogP contribution is 2.21. The van der Waals surface area contributed by atoms with E-state index in [1.165, 1.54) is 0 Å². The minimum atomic E-state index is 0.294. The van der Waals surface area contributed by atoms with Gasteiger partial charge in [-0.05, 0) is 57.6 Å². The van der Waals surface area contributed by atoms with E-state index in [4.69, 9.17) is 17.0 Å². The maximum absolute atomic E-state index is 5.33. The fraction of sp³-hybridized carbons (Fsp3) is 0.412. The topological polar surface area (TPSA) is 51.1 Å². The third-order valence-electron chi connectivity index (χ3n) is 3.51. The van der Waals surface area contributed by atoms with E-state index in [2.05, 4.69) is 35.6 Å². The van der Waals surface area contributed by atoms with Crippen LogP contribution in [0.4, 0.5) is 5.69 Å². The molecule has 0 bridgehead atoms. The van der Waals surface area contributed by atoms with E-state index in [1.54, 1.807) is 7.11 Å². The van der Waals surface area contributed by atoms with Gasteiger partial charge in [0.2, 0.25) is 0 Å². The van der Waals surface area contributed by atoms with E-state index >= 15 is 0 Å². The summed E-state index contributed by atoms with van der Waals surface area (Å²) in [7, 11) is 1.67. The molecule has 6 heteroatoms. The van der Waals surface area contributed by atoms with Crippen molar-refractivity contribution < 1.29 is 4.74 Å². The first-order valence-corrected chi connectivity index (χ1v) is 8.06. The second-order valence-corrected chi connectivity index (χ2v) is 6.22. The van der Waals surface area contributed by atoms with Crippen LogP contribution in [0.15, 0.2) is 24.3 Å². The molecule has 0 unspecified atom stereocenters. The van der Waals surface area contributed by atoms with Crippen molar-refractivity contribution in [1.29, 1.82) is 0 Å². The van der Waals surface area contributed by atoms with Crippen LogP contribution in [0.2, 0.25) is 0 Å². The number of methoxy groups -OCH3 is 1. The lowest BCUT2D eigenvalue weighted by molar-refractivity contribution is 0.414. The van der Waals surface area contributed by atoms with E-state index in [0.717, 1.165) is 28.4 Å². The molecular formula is C17H24N4OS. The molecular weight excluding hydrogens is 308 g/mol. The molecule has 0 saturated heterocycles. The lowest BCUT2D eigenvalue weighted by Crippen LogP contribution is -2.34. The molecule has 23 heavy (non-hydrogen) atoms. The quantitative estimate of drug-likeness (QED) is 0.823. The number of nitrogens with zero attached hydrogens (tertiary/aromatic N) is 2. The Kier molecular flexibility index (Phi) is 5.60. The van der Waals surface area contributed by atoms with Crippen molar-refractivity contribution in [1.82, 2.24) is 15.1 Å². The van der Waals surface area contributed by atoms with Crippen molar-refractivity contribution in [2.45, 2.75) is 40.3 Å². The number of benzene rings is 1. The normalized spacial score (nSPS) is 10.7. The molecule has 0 saturated carbocycles. The van der Waals surface area contributed by atoms with Gasteiger partial charge in [-0.1, -0.05) is 12.1 Å². The van der Waals surface area contributed by atoms with Gasteiger partial charge in [-0.3, -0.25) is 4.68 Å². The van der Waals surface area contributed by atoms with Crippen molar-refractivity contribution in [2.75, 3.05) is 12.4 Å². The summed E-state index contributed by atoms with van der Waals surface area (Å²) >= 11 is 5.33. The maximum atomic E-state index is 5.33. The van der Waals surface area contributed by atoms with E-state index in [9.17, 15) is 0 Å². The fourth-order valence-corrected chi connectivity index (χ4v) is 2.73. The second-order valence-electron chi connectivity index (χ2n) is 5.81. The minimum absolute atomic E-state index is 0.294. The van der Waals surface area contributed by atoms with Crippen molar-refractivity contribution in [3.63, 3.8) is 0 Å². The highest BCUT2D eigenvalue weighted by Gasteiger charge is 2.13. The van der Waals surface area contributed by atoms with Crippen LogP contribution in [0.1, 0.15) is 30.8 Å². The van der Waals surface area contributed by atoms with E-state index in [0.29, 0.717) is 17.7 Å². The number of hydrogen-bond donors (Lipinski definition) is 2. The molecule has 0 amide bonds. The molecule has 1 aromatic heterocycles. The standard InChI is InChI=1S/C17H24N4OS/c1-11(2)18-17(23)19-16-12(3)20-21(13(16)4)10-14-7-6-8-15(9-14)22-5/h6-9,11H,10H2,1-5H3,(H2,18,19,23). The summed E-state index contributed by atoms with van der Waals surface area (Å²) in [6.45, 7) is 8.83. The van der Waals surface area contributed by atoms with Gasteiger partial charge < -0.3 is 15.4 Å². The van der Waals surface area contributed by atoms with Crippen LogP contribution in [0.3, 0.4) is 0 Å². The van der Waals surface area contributed by atoms with Gasteiger partial charge in [0.1, 0.15) is 5.75 Å². The van der Waals surface area contributed by atoms with Crippen molar-refractivity contribution in [3.05, 3.63) is 41.2 Å². The minimum Gasteiger partial charge on any atom is -0.497 e. The molecule has 2 rings (SSSR count). The highest BCUT2D eigenvalue weighted by molar-refractivity contribution is 7.80. The first-order valence-electron chi connectivity index (χ1n) is 7.65. The van der Waals surface area contributed by atoms with Gasteiger partial charge in [-0.25, -0.2) is 0 Å². The van der Waals surface area contributed by atoms with Gasteiger partial charge in [0, 0.05) is 6.04 Å². The Morgan fingerprint density at radius 2 is 2.09 bits per heavy atom. The number of rotatable bonds is 5. The summed E-state index contributed by atoms with van der Waals surface area (Å²) < 4.78 is 7.25. The molecule has 0 radical (unpaired) electrons. The van der Waals surface area contributed by atoms with Crippen molar-refractivity contribution in [3.8, 4) is 5.75 Å². The molecule has 1 aromatic carbocycles. The summed E-state index contributed by atoms with van der Waals surface area (Å²) in [5.41, 5.74) is 4.09. The SMILES string of the molecule is COc1cccc(Cn2nc(C)c(NC(=S)NC(C)C)c2C)c1. The largest absolute Gasteiger partial charge is 0.497 e. The third-order valence-corrected chi connectivity index (χ3v) is 3.73. The molecule has 0 fully saturated rings. The fourth-order valence-electron chi connectivity index (χ4n) is 2.39. The number of ether oxygens (including phenoxy) is 1. The van der Waals surface area contributed by atoms with E-state index in [-0.39, 0.29) is 0 Å². The lowest BCUT2D eigenvalue weighted by atomic mass is 10.2. The van der Waals surface area contributed by atoms with Gasteiger partial charge in [-0.15, -0.1) is 0 Å².